The summed E-state index contributed by atoms with van der Waals surface area (Å²) in [5, 5.41) is 0. The first kappa shape index (κ1) is 23.5. The summed E-state index contributed by atoms with van der Waals surface area (Å²) in [4.78, 5) is 30.0. The minimum atomic E-state index is -0.259. The Morgan fingerprint density at radius 1 is 1.10 bits per heavy atom. The lowest BCUT2D eigenvalue weighted by Crippen LogP contribution is -2.45. The number of aromatic nitrogens is 1. The lowest BCUT2D eigenvalue weighted by Gasteiger charge is -2.30. The Bertz CT molecular complexity index is 826. The number of hydrogen-bond acceptors (Lipinski definition) is 2. The van der Waals surface area contributed by atoms with Crippen molar-refractivity contribution in [3.63, 3.8) is 0 Å². The normalized spacial score (nSPS) is 11.9. The van der Waals surface area contributed by atoms with Crippen molar-refractivity contribution in [3.8, 4) is 0 Å². The van der Waals surface area contributed by atoms with Crippen molar-refractivity contribution in [3.05, 3.63) is 72.6 Å². The lowest BCUT2D eigenvalue weighted by atomic mass is 9.95. The highest BCUT2D eigenvalue weighted by Gasteiger charge is 2.27. The zero-order chi connectivity index (χ0) is 22.1. The topological polar surface area (TPSA) is 45.6 Å². The molecule has 2 rings (SSSR count). The van der Waals surface area contributed by atoms with Gasteiger partial charge in [0.25, 0.3) is 0 Å². The van der Waals surface area contributed by atoms with Crippen LogP contribution in [0.25, 0.3) is 0 Å². The van der Waals surface area contributed by atoms with Crippen LogP contribution in [0, 0.1) is 5.92 Å². The van der Waals surface area contributed by atoms with Crippen LogP contribution in [0.15, 0.2) is 61.3 Å². The fraction of sp³-hybridized carbons (Fsp3) is 0.440. The largest absolute Gasteiger partial charge is 0.353 e. The molecule has 0 aliphatic rings. The summed E-state index contributed by atoms with van der Waals surface area (Å²) < 4.78 is 2.02. The fourth-order valence-corrected chi connectivity index (χ4v) is 3.66. The van der Waals surface area contributed by atoms with Crippen molar-refractivity contribution in [2.24, 2.45) is 13.0 Å². The van der Waals surface area contributed by atoms with E-state index in [1.807, 2.05) is 72.1 Å². The Balaban J connectivity index is 2.19. The second kappa shape index (κ2) is 11.4. The van der Waals surface area contributed by atoms with Gasteiger partial charge >= 0.3 is 0 Å². The Labute approximate surface area is 181 Å². The molecule has 2 aromatic rings. The van der Waals surface area contributed by atoms with Crippen LogP contribution < -0.4 is 0 Å². The molecule has 0 N–H and O–H groups in total. The molecule has 30 heavy (non-hydrogen) atoms. The van der Waals surface area contributed by atoms with Gasteiger partial charge in [0.05, 0.1) is 12.5 Å². The minimum absolute atomic E-state index is 0.0275. The summed E-state index contributed by atoms with van der Waals surface area (Å²) in [6.45, 7) is 11.6. The summed E-state index contributed by atoms with van der Waals surface area (Å²) in [6.07, 6.45) is 4.35. The first-order chi connectivity index (χ1) is 14.4. The molecule has 1 aromatic heterocycles. The first-order valence-electron chi connectivity index (χ1n) is 10.7. The Morgan fingerprint density at radius 3 is 2.33 bits per heavy atom. The van der Waals surface area contributed by atoms with Gasteiger partial charge in [-0.1, -0.05) is 57.2 Å². The van der Waals surface area contributed by atoms with E-state index >= 15 is 0 Å². The van der Waals surface area contributed by atoms with Crippen LogP contribution in [-0.2, 0) is 23.2 Å². The highest BCUT2D eigenvalue weighted by molar-refractivity contribution is 5.88. The average molecular weight is 410 g/mol. The number of aryl methyl sites for hydroxylation is 1. The summed E-state index contributed by atoms with van der Waals surface area (Å²) in [5.74, 6) is 0.0131. The fourth-order valence-electron chi connectivity index (χ4n) is 3.66. The van der Waals surface area contributed by atoms with Crippen molar-refractivity contribution in [2.75, 3.05) is 19.6 Å². The van der Waals surface area contributed by atoms with E-state index in [2.05, 4.69) is 20.4 Å². The van der Waals surface area contributed by atoms with Gasteiger partial charge < -0.3 is 14.4 Å². The monoisotopic (exact) mass is 409 g/mol. The van der Waals surface area contributed by atoms with Crippen molar-refractivity contribution in [2.45, 2.75) is 39.7 Å². The highest BCUT2D eigenvalue weighted by Crippen LogP contribution is 2.22. The van der Waals surface area contributed by atoms with Gasteiger partial charge in [0.2, 0.25) is 11.8 Å². The molecular weight excluding hydrogens is 374 g/mol. The van der Waals surface area contributed by atoms with E-state index in [-0.39, 0.29) is 24.3 Å². The van der Waals surface area contributed by atoms with E-state index in [1.54, 1.807) is 11.0 Å². The van der Waals surface area contributed by atoms with Gasteiger partial charge in [-0.3, -0.25) is 9.59 Å². The molecule has 0 spiro atoms. The average Bonchev–Trinajstić information content (AvgIpc) is 3.12. The Kier molecular flexibility index (Phi) is 8.90. The molecule has 5 heteroatoms. The molecule has 162 valence electrons. The third-order valence-corrected chi connectivity index (χ3v) is 5.24. The molecule has 0 fully saturated rings. The van der Waals surface area contributed by atoms with Crippen molar-refractivity contribution in [1.82, 2.24) is 14.4 Å². The molecule has 0 saturated heterocycles. The van der Waals surface area contributed by atoms with Gasteiger partial charge in [-0.2, -0.15) is 0 Å². The zero-order valence-electron chi connectivity index (χ0n) is 18.8. The van der Waals surface area contributed by atoms with Crippen molar-refractivity contribution < 1.29 is 9.59 Å². The predicted molar refractivity (Wildman–Crippen MR) is 122 cm³/mol. The number of benzene rings is 1. The van der Waals surface area contributed by atoms with Crippen LogP contribution in [-0.4, -0.2) is 45.8 Å². The molecule has 0 radical (unpaired) electrons. The number of carbonyl (C=O) groups excluding carboxylic acids is 2. The maximum Gasteiger partial charge on any atom is 0.242 e. The summed E-state index contributed by atoms with van der Waals surface area (Å²) in [5.41, 5.74) is 2.05. The van der Waals surface area contributed by atoms with E-state index in [0.717, 1.165) is 11.3 Å². The van der Waals surface area contributed by atoms with Crippen LogP contribution in [0.2, 0.25) is 0 Å². The molecule has 1 heterocycles. The number of nitrogens with zero attached hydrogens (tertiary/aromatic N) is 3. The summed E-state index contributed by atoms with van der Waals surface area (Å²) in [7, 11) is 1.98. The van der Waals surface area contributed by atoms with Crippen molar-refractivity contribution in [1.29, 1.82) is 0 Å². The molecule has 0 aliphatic carbocycles. The first-order valence-corrected chi connectivity index (χ1v) is 10.7. The van der Waals surface area contributed by atoms with Crippen LogP contribution in [0.5, 0.6) is 0 Å². The third-order valence-electron chi connectivity index (χ3n) is 5.24. The van der Waals surface area contributed by atoms with Crippen molar-refractivity contribution >= 4 is 11.8 Å². The number of carbonyl (C=O) groups is 2. The molecule has 1 unspecified atom stereocenters. The Hall–Kier alpha value is -2.82. The van der Waals surface area contributed by atoms with Crippen LogP contribution in [0.3, 0.4) is 0 Å². The van der Waals surface area contributed by atoms with Crippen LogP contribution in [0.4, 0.5) is 0 Å². The predicted octanol–water partition coefficient (Wildman–Crippen LogP) is 4.22. The van der Waals surface area contributed by atoms with Gasteiger partial charge in [0.15, 0.2) is 0 Å². The van der Waals surface area contributed by atoms with Gasteiger partial charge in [0, 0.05) is 32.0 Å². The van der Waals surface area contributed by atoms with Gasteiger partial charge in [-0.05, 0) is 30.0 Å². The van der Waals surface area contributed by atoms with Crippen LogP contribution >= 0.6 is 0 Å². The highest BCUT2D eigenvalue weighted by atomic mass is 16.2. The molecular formula is C25H35N3O2. The van der Waals surface area contributed by atoms with E-state index in [4.69, 9.17) is 0 Å². The zero-order valence-corrected chi connectivity index (χ0v) is 18.8. The van der Waals surface area contributed by atoms with Gasteiger partial charge in [-0.15, -0.1) is 6.58 Å². The maximum absolute atomic E-state index is 13.3. The molecule has 2 amide bonds. The number of rotatable bonds is 11. The molecule has 5 nitrogen and oxygen atoms in total. The SMILES string of the molecule is C=CCN(CC(=O)N(Cc1cccn1C)CC(C)C)C(=O)C(CC)c1ccccc1. The second-order valence-corrected chi connectivity index (χ2v) is 8.16. The lowest BCUT2D eigenvalue weighted by molar-refractivity contribution is -0.141. The molecule has 1 atom stereocenters. The number of amides is 2. The van der Waals surface area contributed by atoms with Gasteiger partial charge in [-0.25, -0.2) is 0 Å². The molecule has 0 aliphatic heterocycles. The number of hydrogen-bond donors (Lipinski definition) is 0. The summed E-state index contributed by atoms with van der Waals surface area (Å²) in [6, 6.07) is 13.8. The minimum Gasteiger partial charge on any atom is -0.353 e. The third kappa shape index (κ3) is 6.34. The van der Waals surface area contributed by atoms with E-state index < -0.39 is 0 Å². The molecule has 0 bridgehead atoms. The quantitative estimate of drug-likeness (QED) is 0.522. The Morgan fingerprint density at radius 2 is 1.80 bits per heavy atom. The maximum atomic E-state index is 13.3. The van der Waals surface area contributed by atoms with E-state index in [1.165, 1.54) is 0 Å². The smallest absolute Gasteiger partial charge is 0.242 e. The van der Waals surface area contributed by atoms with E-state index in [0.29, 0.717) is 32.0 Å². The van der Waals surface area contributed by atoms with Crippen LogP contribution in [0.1, 0.15) is 44.4 Å². The second-order valence-electron chi connectivity index (χ2n) is 8.16. The van der Waals surface area contributed by atoms with Gasteiger partial charge in [0.1, 0.15) is 6.54 Å². The van der Waals surface area contributed by atoms with E-state index in [9.17, 15) is 9.59 Å². The standard InChI is InChI=1S/C25H35N3O2/c1-6-15-27(25(30)23(7-2)21-12-9-8-10-13-21)19-24(29)28(17-20(3)4)18-22-14-11-16-26(22)5/h6,8-14,16,20,23H,1,7,15,17-19H2,2-5H3. The summed E-state index contributed by atoms with van der Waals surface area (Å²) >= 11 is 0. The molecule has 0 saturated carbocycles. The molecule has 1 aromatic carbocycles.